The number of aromatic nitrogens is 1. The van der Waals surface area contributed by atoms with Gasteiger partial charge in [-0.1, -0.05) is 34.1 Å². The Labute approximate surface area is 235 Å². The number of Topliss-reactive ketones (excluding diaryl/α,β-unsaturated/α-hetero) is 1. The van der Waals surface area contributed by atoms with E-state index in [1.807, 2.05) is 32.2 Å². The zero-order valence-electron chi connectivity index (χ0n) is 23.8. The Morgan fingerprint density at radius 2 is 2.00 bits per heavy atom. The molecular weight excluding hydrogens is 519 g/mol. The average molecular weight is 561 g/mol. The third kappa shape index (κ3) is 7.99. The topological polar surface area (TPSA) is 139 Å². The third-order valence-electron chi connectivity index (χ3n) is 8.25. The molecule has 0 aromatic carbocycles. The minimum atomic E-state index is -1.27. The quantitative estimate of drug-likeness (QED) is 0.240. The molecule has 0 saturated carbocycles. The number of cyclic esters (lactones) is 1. The van der Waals surface area contributed by atoms with Crippen molar-refractivity contribution < 1.29 is 34.0 Å². The molecule has 1 aromatic rings. The summed E-state index contributed by atoms with van der Waals surface area (Å²) in [6.45, 7) is 11.1. The fourth-order valence-electron chi connectivity index (χ4n) is 5.26. The molecule has 2 saturated heterocycles. The first kappa shape index (κ1) is 31.5. The van der Waals surface area contributed by atoms with Gasteiger partial charge < -0.3 is 10.2 Å². The van der Waals surface area contributed by atoms with Crippen LogP contribution in [0.3, 0.4) is 0 Å². The van der Waals surface area contributed by atoms with E-state index in [1.165, 1.54) is 17.5 Å². The molecule has 0 amide bonds. The van der Waals surface area contributed by atoms with Gasteiger partial charge in [0, 0.05) is 5.92 Å². The number of fused-ring (bicyclic) bond motifs is 1. The van der Waals surface area contributed by atoms with Gasteiger partial charge in [-0.25, -0.2) is 0 Å². The second kappa shape index (κ2) is 13.1. The molecule has 9 nitrogen and oxygen atoms in total. The predicted octanol–water partition coefficient (Wildman–Crippen LogP) is 3.75. The summed E-state index contributed by atoms with van der Waals surface area (Å²) in [4.78, 5) is 34.8. The molecule has 0 radical (unpaired) electrons. The van der Waals surface area contributed by atoms with Crippen LogP contribution in [0.1, 0.15) is 84.3 Å². The van der Waals surface area contributed by atoms with Gasteiger partial charge in [-0.2, -0.15) is 0 Å². The van der Waals surface area contributed by atoms with Crippen molar-refractivity contribution >= 4 is 42.4 Å². The second-order valence-electron chi connectivity index (χ2n) is 11.8. The number of ether oxygens (including phenoxy) is 2. The number of epoxide rings is 1. The normalized spacial score (nSPS) is 34.8. The van der Waals surface area contributed by atoms with Gasteiger partial charge >= 0.3 is 131 Å². The molecule has 11 heteroatoms. The van der Waals surface area contributed by atoms with E-state index in [-0.39, 0.29) is 29.8 Å². The van der Waals surface area contributed by atoms with Gasteiger partial charge in [0.05, 0.1) is 17.6 Å². The van der Waals surface area contributed by atoms with E-state index in [1.54, 1.807) is 20.8 Å². The summed E-state index contributed by atoms with van der Waals surface area (Å²) in [6, 6.07) is 0. The molecule has 2 N–H and O–H groups in total. The van der Waals surface area contributed by atoms with Crippen LogP contribution in [0.4, 0.5) is 0 Å². The number of ketones is 1. The maximum absolute atomic E-state index is 13.3. The summed E-state index contributed by atoms with van der Waals surface area (Å²) in [5.74, 6) is -1.67. The molecule has 3 rings (SSSR count). The van der Waals surface area contributed by atoms with Crippen LogP contribution in [-0.2, 0) is 30.3 Å². The maximum atomic E-state index is 13.3. The molecule has 214 valence electrons. The van der Waals surface area contributed by atoms with Crippen LogP contribution in [0, 0.1) is 17.3 Å². The van der Waals surface area contributed by atoms with Crippen molar-refractivity contribution in [3.05, 3.63) is 21.7 Å². The average Bonchev–Trinajstić information content (AvgIpc) is 3.28. The van der Waals surface area contributed by atoms with Gasteiger partial charge in [0.1, 0.15) is 5.78 Å². The van der Waals surface area contributed by atoms with Crippen LogP contribution in [0.15, 0.2) is 15.9 Å². The molecule has 0 bridgehead atoms. The number of esters is 1. The van der Waals surface area contributed by atoms with Crippen molar-refractivity contribution in [3.63, 3.8) is 0 Å². The molecule has 2 aliphatic heterocycles. The van der Waals surface area contributed by atoms with Crippen LogP contribution in [0.5, 0.6) is 0 Å². The van der Waals surface area contributed by atoms with Gasteiger partial charge in [0.25, 0.3) is 0 Å². The summed E-state index contributed by atoms with van der Waals surface area (Å²) in [5.41, 5.74) is -0.103. The molecular formula is C28H41BN2O7S. The van der Waals surface area contributed by atoms with Crippen molar-refractivity contribution in [1.29, 1.82) is 0 Å². The van der Waals surface area contributed by atoms with Crippen molar-refractivity contribution in [1.82, 2.24) is 4.98 Å². The first-order valence-corrected chi connectivity index (χ1v) is 14.5. The summed E-state index contributed by atoms with van der Waals surface area (Å²) in [7, 11) is 0.621. The summed E-state index contributed by atoms with van der Waals surface area (Å²) >= 11 is 1.42. The first-order valence-electron chi connectivity index (χ1n) is 13.6. The molecule has 1 aromatic heterocycles. The molecule has 2 aliphatic rings. The number of rotatable bonds is 5. The predicted molar refractivity (Wildman–Crippen MR) is 150 cm³/mol. The monoisotopic (exact) mass is 560 g/mol. The number of thiazole rings is 1. The number of hydrogen-bond donors (Lipinski definition) is 2. The van der Waals surface area contributed by atoms with Gasteiger partial charge in [0.2, 0.25) is 0 Å². The zero-order valence-corrected chi connectivity index (χ0v) is 24.6. The Bertz CT molecular complexity index is 1100. The number of carbonyl (C=O) groups excluding carboxylic acids is 2. The van der Waals surface area contributed by atoms with E-state index in [0.717, 1.165) is 29.8 Å². The van der Waals surface area contributed by atoms with Crippen molar-refractivity contribution in [2.24, 2.45) is 22.2 Å². The Hall–Kier alpha value is -2.08. The molecule has 7 atom stereocenters. The SMILES string of the molecule is CC(=Cc1csc(CN=CB=O)n1)C1CC2O[C@]2(C)CCC[C@H](C)C(O)[C@@H](C)C(=O)C(C)(C)C(O)CC(=O)O1. The fourth-order valence-corrected chi connectivity index (χ4v) is 5.94. The third-order valence-corrected chi connectivity index (χ3v) is 9.10. The fraction of sp³-hybridized carbons (Fsp3) is 0.714. The number of aliphatic hydroxyl groups is 2. The molecule has 2 fully saturated rings. The first-order chi connectivity index (χ1) is 18.3. The van der Waals surface area contributed by atoms with Crippen LogP contribution in [0.25, 0.3) is 6.08 Å². The summed E-state index contributed by atoms with van der Waals surface area (Å²) < 4.78 is 22.4. The van der Waals surface area contributed by atoms with Crippen LogP contribution in [0.2, 0.25) is 0 Å². The number of carbonyl (C=O) groups is 2. The van der Waals surface area contributed by atoms with Crippen LogP contribution < -0.4 is 0 Å². The van der Waals surface area contributed by atoms with E-state index in [2.05, 4.69) is 9.98 Å². The molecule has 4 unspecified atom stereocenters. The van der Waals surface area contributed by atoms with Gasteiger partial charge in [-0.15, -0.1) is 0 Å². The van der Waals surface area contributed by atoms with Gasteiger partial charge in [-0.3, -0.25) is 4.79 Å². The van der Waals surface area contributed by atoms with Crippen molar-refractivity contribution in [2.75, 3.05) is 0 Å². The van der Waals surface area contributed by atoms with E-state index < -0.39 is 35.6 Å². The Morgan fingerprint density at radius 3 is 2.69 bits per heavy atom. The Balaban J connectivity index is 1.83. The molecule has 0 spiro atoms. The Kier molecular flexibility index (Phi) is 10.5. The van der Waals surface area contributed by atoms with E-state index in [4.69, 9.17) is 9.47 Å². The molecule has 39 heavy (non-hydrogen) atoms. The zero-order chi connectivity index (χ0) is 29.0. The summed E-state index contributed by atoms with van der Waals surface area (Å²) in [6.07, 6.45) is 2.72. The Morgan fingerprint density at radius 1 is 1.28 bits per heavy atom. The standard InChI is InChI=1S/C28H41BN2O7S/c1-16-8-7-9-28(6)22(38-28)11-20(17(2)10-19-14-39-23(31-19)13-30-15-29-36)37-24(33)12-21(32)27(4,5)26(35)18(3)25(16)34/h10,14-16,18,20-22,25,32,34H,7-9,11-13H2,1-6H3/t16-,18+,20?,21?,22?,25?,28+/m0/s1. The number of hydrogen-bond acceptors (Lipinski definition) is 10. The molecule has 3 heterocycles. The van der Waals surface area contributed by atoms with Crippen molar-refractivity contribution in [2.45, 2.75) is 110 Å². The number of aliphatic hydroxyl groups excluding tert-OH is 2. The molecule has 0 aliphatic carbocycles. The number of aliphatic imine (C=N–C) groups is 1. The van der Waals surface area contributed by atoms with Gasteiger partial charge in [-0.05, 0) is 25.7 Å². The van der Waals surface area contributed by atoms with Crippen LogP contribution >= 0.6 is 11.3 Å². The second-order valence-corrected chi connectivity index (χ2v) is 12.7. The van der Waals surface area contributed by atoms with E-state index >= 15 is 0 Å². The van der Waals surface area contributed by atoms with E-state index in [0.29, 0.717) is 25.8 Å². The minimum absolute atomic E-state index is 0.0966. The number of nitrogens with zero attached hydrogens (tertiary/aromatic N) is 2. The van der Waals surface area contributed by atoms with Gasteiger partial charge in [0.15, 0.2) is 0 Å². The summed E-state index contributed by atoms with van der Waals surface area (Å²) in [5, 5.41) is 24.4. The van der Waals surface area contributed by atoms with Crippen LogP contribution in [-0.4, -0.2) is 70.2 Å². The van der Waals surface area contributed by atoms with Crippen molar-refractivity contribution in [3.8, 4) is 0 Å². The van der Waals surface area contributed by atoms with E-state index in [9.17, 15) is 24.5 Å².